The summed E-state index contributed by atoms with van der Waals surface area (Å²) in [5.41, 5.74) is 5.92. The Balaban J connectivity index is 1.25. The number of aryl methyl sites for hydroxylation is 1. The summed E-state index contributed by atoms with van der Waals surface area (Å²) in [6.07, 6.45) is 6.48. The van der Waals surface area contributed by atoms with Gasteiger partial charge in [-0.25, -0.2) is 4.98 Å². The first-order valence-corrected chi connectivity index (χ1v) is 11.2. The highest BCUT2D eigenvalue weighted by molar-refractivity contribution is 5.81. The van der Waals surface area contributed by atoms with Gasteiger partial charge in [0.05, 0.1) is 36.1 Å². The van der Waals surface area contributed by atoms with Crippen molar-refractivity contribution in [2.45, 2.75) is 38.8 Å². The highest BCUT2D eigenvalue weighted by Crippen LogP contribution is 2.24. The molecule has 0 saturated carbocycles. The normalized spacial score (nSPS) is 17.3. The summed E-state index contributed by atoms with van der Waals surface area (Å²) in [5.74, 6) is 0. The molecule has 1 aliphatic heterocycles. The third kappa shape index (κ3) is 4.09. The monoisotopic (exact) mass is 422 g/mol. The quantitative estimate of drug-likeness (QED) is 0.654. The lowest BCUT2D eigenvalue weighted by Gasteiger charge is -2.36. The number of hydrogen-bond donors (Lipinski definition) is 1. The summed E-state index contributed by atoms with van der Waals surface area (Å²) < 4.78 is 6.69. The van der Waals surface area contributed by atoms with Crippen LogP contribution in [0.15, 0.2) is 29.3 Å². The number of nitrogens with one attached hydrogen (secondary N) is 1. The molecular formula is C23H30N6O2. The van der Waals surface area contributed by atoms with Crippen LogP contribution in [0.1, 0.15) is 29.8 Å². The first-order chi connectivity index (χ1) is 15.2. The van der Waals surface area contributed by atoms with Crippen LogP contribution in [-0.2, 0) is 30.7 Å². The summed E-state index contributed by atoms with van der Waals surface area (Å²) in [7, 11) is 1.63. The van der Waals surface area contributed by atoms with Crippen molar-refractivity contribution in [1.29, 1.82) is 0 Å². The Hall–Kier alpha value is -2.71. The van der Waals surface area contributed by atoms with E-state index in [1.807, 2.05) is 18.2 Å². The number of ether oxygens (including phenoxy) is 1. The minimum atomic E-state index is -0.0132. The second-order valence-corrected chi connectivity index (χ2v) is 8.54. The van der Waals surface area contributed by atoms with Crippen molar-refractivity contribution in [3.05, 3.63) is 51.8 Å². The maximum atomic E-state index is 12.7. The van der Waals surface area contributed by atoms with E-state index in [1.165, 1.54) is 36.2 Å². The maximum absolute atomic E-state index is 12.7. The second kappa shape index (κ2) is 8.80. The number of methoxy groups -OCH3 is 1. The second-order valence-electron chi connectivity index (χ2n) is 8.54. The fraction of sp³-hybridized carbons (Fsp3) is 0.522. The van der Waals surface area contributed by atoms with Crippen molar-refractivity contribution in [1.82, 2.24) is 24.6 Å². The van der Waals surface area contributed by atoms with Crippen LogP contribution >= 0.6 is 0 Å². The molecule has 31 heavy (non-hydrogen) atoms. The van der Waals surface area contributed by atoms with Crippen LogP contribution in [0, 0.1) is 0 Å². The maximum Gasteiger partial charge on any atom is 0.261 e. The van der Waals surface area contributed by atoms with Crippen LogP contribution in [0.3, 0.4) is 0 Å². The van der Waals surface area contributed by atoms with Gasteiger partial charge in [0.2, 0.25) is 0 Å². The van der Waals surface area contributed by atoms with E-state index < -0.39 is 0 Å². The van der Waals surface area contributed by atoms with Crippen molar-refractivity contribution in [3.8, 4) is 0 Å². The van der Waals surface area contributed by atoms with Crippen molar-refractivity contribution in [2.24, 2.45) is 0 Å². The van der Waals surface area contributed by atoms with Gasteiger partial charge in [-0.05, 0) is 49.4 Å². The molecule has 8 nitrogen and oxygen atoms in total. The van der Waals surface area contributed by atoms with Gasteiger partial charge in [-0.15, -0.1) is 0 Å². The standard InChI is InChI=1S/C23H30N6O2/c1-31-13-12-29-16-24-21-14-17(6-7-19(21)23(29)30)28-10-8-27(9-11-28)15-22-18-4-2-3-5-20(18)25-26-22/h6-7,14,16H,2-5,8-13,15H2,1H3,(H,25,26). The van der Waals surface area contributed by atoms with E-state index in [-0.39, 0.29) is 5.56 Å². The predicted octanol–water partition coefficient (Wildman–Crippen LogP) is 1.97. The molecule has 5 rings (SSSR count). The van der Waals surface area contributed by atoms with E-state index in [9.17, 15) is 4.79 Å². The van der Waals surface area contributed by atoms with Crippen LogP contribution in [0.2, 0.25) is 0 Å². The molecule has 1 aliphatic carbocycles. The van der Waals surface area contributed by atoms with Gasteiger partial charge >= 0.3 is 0 Å². The summed E-state index contributed by atoms with van der Waals surface area (Å²) in [4.78, 5) is 22.1. The van der Waals surface area contributed by atoms with Gasteiger partial charge in [0.25, 0.3) is 5.56 Å². The average molecular weight is 423 g/mol. The molecule has 0 unspecified atom stereocenters. The smallest absolute Gasteiger partial charge is 0.261 e. The van der Waals surface area contributed by atoms with E-state index in [0.717, 1.165) is 50.3 Å². The van der Waals surface area contributed by atoms with E-state index >= 15 is 0 Å². The Kier molecular flexibility index (Phi) is 5.74. The van der Waals surface area contributed by atoms with E-state index in [4.69, 9.17) is 4.74 Å². The SMILES string of the molecule is COCCn1cnc2cc(N3CCN(Cc4n[nH]c5c4CCCC5)CC3)ccc2c1=O. The van der Waals surface area contributed by atoms with Crippen molar-refractivity contribution in [2.75, 3.05) is 44.8 Å². The molecule has 0 bridgehead atoms. The zero-order valence-electron chi connectivity index (χ0n) is 18.1. The molecular weight excluding hydrogens is 392 g/mol. The van der Waals surface area contributed by atoms with Gasteiger partial charge in [-0.2, -0.15) is 5.10 Å². The van der Waals surface area contributed by atoms with Gasteiger partial charge in [0.15, 0.2) is 0 Å². The van der Waals surface area contributed by atoms with Gasteiger partial charge in [0.1, 0.15) is 0 Å². The average Bonchev–Trinajstić information content (AvgIpc) is 3.22. The predicted molar refractivity (Wildman–Crippen MR) is 121 cm³/mol. The fourth-order valence-electron chi connectivity index (χ4n) is 4.75. The Bertz CT molecular complexity index is 1110. The lowest BCUT2D eigenvalue weighted by Crippen LogP contribution is -2.46. The number of hydrogen-bond acceptors (Lipinski definition) is 6. The molecule has 1 N–H and O–H groups in total. The highest BCUT2D eigenvalue weighted by atomic mass is 16.5. The number of anilines is 1. The van der Waals surface area contributed by atoms with E-state index in [2.05, 4.69) is 25.0 Å². The molecule has 3 aromatic rings. The third-order valence-corrected chi connectivity index (χ3v) is 6.60. The van der Waals surface area contributed by atoms with Crippen LogP contribution < -0.4 is 10.5 Å². The molecule has 0 amide bonds. The topological polar surface area (TPSA) is 79.3 Å². The number of fused-ring (bicyclic) bond motifs is 2. The minimum absolute atomic E-state index is 0.0132. The third-order valence-electron chi connectivity index (χ3n) is 6.60. The van der Waals surface area contributed by atoms with Crippen LogP contribution in [0.25, 0.3) is 10.9 Å². The Morgan fingerprint density at radius 2 is 1.97 bits per heavy atom. The number of aromatic amines is 1. The molecule has 2 aliphatic rings. The van der Waals surface area contributed by atoms with E-state index in [0.29, 0.717) is 18.5 Å². The Labute approximate surface area is 181 Å². The Morgan fingerprint density at radius 1 is 1.13 bits per heavy atom. The van der Waals surface area contributed by atoms with Crippen LogP contribution in [-0.4, -0.2) is 64.5 Å². The van der Waals surface area contributed by atoms with Gasteiger partial charge < -0.3 is 9.64 Å². The number of benzene rings is 1. The summed E-state index contributed by atoms with van der Waals surface area (Å²) in [6, 6.07) is 5.99. The zero-order valence-corrected chi connectivity index (χ0v) is 18.1. The van der Waals surface area contributed by atoms with Gasteiger partial charge in [-0.1, -0.05) is 0 Å². The number of nitrogens with zero attached hydrogens (tertiary/aromatic N) is 5. The number of rotatable bonds is 6. The van der Waals surface area contributed by atoms with Crippen LogP contribution in [0.5, 0.6) is 0 Å². The first kappa shape index (κ1) is 20.2. The molecule has 0 spiro atoms. The number of aromatic nitrogens is 4. The molecule has 1 fully saturated rings. The largest absolute Gasteiger partial charge is 0.383 e. The fourth-order valence-corrected chi connectivity index (χ4v) is 4.75. The van der Waals surface area contributed by atoms with E-state index in [1.54, 1.807) is 18.0 Å². The number of piperazine rings is 1. The molecule has 3 heterocycles. The first-order valence-electron chi connectivity index (χ1n) is 11.2. The van der Waals surface area contributed by atoms with Crippen molar-refractivity contribution < 1.29 is 4.74 Å². The van der Waals surface area contributed by atoms with Crippen LogP contribution in [0.4, 0.5) is 5.69 Å². The highest BCUT2D eigenvalue weighted by Gasteiger charge is 2.22. The molecule has 1 aromatic carbocycles. The van der Waals surface area contributed by atoms with Crippen molar-refractivity contribution in [3.63, 3.8) is 0 Å². The summed E-state index contributed by atoms with van der Waals surface area (Å²) in [5, 5.41) is 8.52. The summed E-state index contributed by atoms with van der Waals surface area (Å²) >= 11 is 0. The molecule has 0 atom stereocenters. The van der Waals surface area contributed by atoms with Gasteiger partial charge in [-0.3, -0.25) is 19.4 Å². The summed E-state index contributed by atoms with van der Waals surface area (Å²) in [6.45, 7) is 5.88. The Morgan fingerprint density at radius 3 is 2.81 bits per heavy atom. The molecule has 164 valence electrons. The lowest BCUT2D eigenvalue weighted by molar-refractivity contribution is 0.186. The lowest BCUT2D eigenvalue weighted by atomic mass is 9.96. The van der Waals surface area contributed by atoms with Gasteiger partial charge in [0, 0.05) is 51.2 Å². The molecule has 8 heteroatoms. The molecule has 0 radical (unpaired) electrons. The molecule has 1 saturated heterocycles. The minimum Gasteiger partial charge on any atom is -0.383 e. The zero-order chi connectivity index (χ0) is 21.2. The molecule has 2 aromatic heterocycles. The van der Waals surface area contributed by atoms with Crippen molar-refractivity contribution >= 4 is 16.6 Å². The number of H-pyrrole nitrogens is 1.